The van der Waals surface area contributed by atoms with Gasteiger partial charge in [-0.2, -0.15) is 0 Å². The molecule has 0 spiro atoms. The lowest BCUT2D eigenvalue weighted by atomic mass is 10.2. The molecular formula is C10H10N2O2S. The lowest BCUT2D eigenvalue weighted by Crippen LogP contribution is -2.00. The van der Waals surface area contributed by atoms with Crippen molar-refractivity contribution >= 4 is 27.5 Å². The number of rotatable bonds is 2. The van der Waals surface area contributed by atoms with E-state index in [1.165, 1.54) is 18.4 Å². The van der Waals surface area contributed by atoms with Crippen molar-refractivity contribution in [3.8, 4) is 0 Å². The monoisotopic (exact) mass is 222 g/mol. The van der Waals surface area contributed by atoms with E-state index in [9.17, 15) is 4.79 Å². The van der Waals surface area contributed by atoms with E-state index in [0.29, 0.717) is 11.6 Å². The molecule has 0 fully saturated rings. The molecule has 0 aliphatic rings. The van der Waals surface area contributed by atoms with Gasteiger partial charge in [-0.25, -0.2) is 9.78 Å². The van der Waals surface area contributed by atoms with Gasteiger partial charge in [0.2, 0.25) is 5.01 Å². The van der Waals surface area contributed by atoms with Gasteiger partial charge in [-0.1, -0.05) is 12.1 Å². The number of hydrogen-bond donors (Lipinski definition) is 1. The van der Waals surface area contributed by atoms with Crippen molar-refractivity contribution in [3.05, 3.63) is 28.8 Å². The van der Waals surface area contributed by atoms with Gasteiger partial charge in [-0.05, 0) is 11.6 Å². The van der Waals surface area contributed by atoms with E-state index >= 15 is 0 Å². The fourth-order valence-electron chi connectivity index (χ4n) is 1.34. The number of nitrogens with two attached hydrogens (primary N) is 1. The lowest BCUT2D eigenvalue weighted by molar-refractivity contribution is 0.0600. The summed E-state index contributed by atoms with van der Waals surface area (Å²) < 4.78 is 5.57. The third-order valence-electron chi connectivity index (χ3n) is 2.08. The number of ether oxygens (including phenoxy) is 1. The highest BCUT2D eigenvalue weighted by Crippen LogP contribution is 2.25. The van der Waals surface area contributed by atoms with Crippen LogP contribution >= 0.6 is 11.3 Å². The van der Waals surface area contributed by atoms with Crippen molar-refractivity contribution < 1.29 is 9.53 Å². The van der Waals surface area contributed by atoms with Crippen molar-refractivity contribution in [2.75, 3.05) is 7.11 Å². The molecule has 0 aliphatic heterocycles. The number of carbonyl (C=O) groups is 1. The summed E-state index contributed by atoms with van der Waals surface area (Å²) in [4.78, 5) is 15.5. The van der Waals surface area contributed by atoms with E-state index in [2.05, 4.69) is 9.72 Å². The highest BCUT2D eigenvalue weighted by Gasteiger charge is 2.13. The Kier molecular flexibility index (Phi) is 2.66. The third kappa shape index (κ3) is 1.71. The summed E-state index contributed by atoms with van der Waals surface area (Å²) in [6.45, 7) is 0.418. The minimum absolute atomic E-state index is 0.369. The second-order valence-electron chi connectivity index (χ2n) is 2.98. The number of carbonyl (C=O) groups excluding carboxylic acids is 1. The molecule has 4 nitrogen and oxygen atoms in total. The van der Waals surface area contributed by atoms with E-state index in [1.54, 1.807) is 0 Å². The Morgan fingerprint density at radius 1 is 1.60 bits per heavy atom. The molecule has 0 bridgehead atoms. The fraction of sp³-hybridized carbons (Fsp3) is 0.200. The van der Waals surface area contributed by atoms with Crippen LogP contribution in [0.3, 0.4) is 0 Å². The highest BCUT2D eigenvalue weighted by atomic mass is 32.1. The summed E-state index contributed by atoms with van der Waals surface area (Å²) >= 11 is 1.32. The van der Waals surface area contributed by atoms with Gasteiger partial charge in [0, 0.05) is 6.54 Å². The van der Waals surface area contributed by atoms with Crippen molar-refractivity contribution in [1.82, 2.24) is 4.98 Å². The third-order valence-corrected chi connectivity index (χ3v) is 3.08. The van der Waals surface area contributed by atoms with Crippen LogP contribution in [0.4, 0.5) is 0 Å². The Labute approximate surface area is 90.7 Å². The van der Waals surface area contributed by atoms with Crippen molar-refractivity contribution in [2.45, 2.75) is 6.54 Å². The van der Waals surface area contributed by atoms with Crippen molar-refractivity contribution in [3.63, 3.8) is 0 Å². The van der Waals surface area contributed by atoms with E-state index in [0.717, 1.165) is 15.8 Å². The molecule has 0 amide bonds. The zero-order valence-electron chi connectivity index (χ0n) is 8.19. The second kappa shape index (κ2) is 3.96. The molecule has 0 radical (unpaired) electrons. The molecule has 0 saturated heterocycles. The maximum atomic E-state index is 11.3. The first-order valence-corrected chi connectivity index (χ1v) is 5.24. The summed E-state index contributed by atoms with van der Waals surface area (Å²) in [5.74, 6) is -0.404. The Morgan fingerprint density at radius 3 is 3.07 bits per heavy atom. The number of nitrogens with zero attached hydrogens (tertiary/aromatic N) is 1. The predicted octanol–water partition coefficient (Wildman–Crippen LogP) is 1.54. The smallest absolute Gasteiger partial charge is 0.367 e. The Morgan fingerprint density at radius 2 is 2.40 bits per heavy atom. The molecule has 2 aromatic rings. The van der Waals surface area contributed by atoms with Crippen LogP contribution in [0.5, 0.6) is 0 Å². The summed E-state index contributed by atoms with van der Waals surface area (Å²) in [7, 11) is 1.35. The fourth-order valence-corrected chi connectivity index (χ4v) is 2.28. The van der Waals surface area contributed by atoms with Crippen LogP contribution in [0, 0.1) is 0 Å². The maximum Gasteiger partial charge on any atom is 0.367 e. The molecule has 0 atom stereocenters. The average molecular weight is 222 g/mol. The van der Waals surface area contributed by atoms with Gasteiger partial charge in [-0.15, -0.1) is 11.3 Å². The van der Waals surface area contributed by atoms with Crippen LogP contribution in [-0.2, 0) is 11.3 Å². The second-order valence-corrected chi connectivity index (χ2v) is 4.01. The molecule has 1 heterocycles. The summed E-state index contributed by atoms with van der Waals surface area (Å²) in [6.07, 6.45) is 0. The molecule has 15 heavy (non-hydrogen) atoms. The Bertz CT molecular complexity index is 507. The van der Waals surface area contributed by atoms with Crippen LogP contribution in [0.25, 0.3) is 10.2 Å². The van der Waals surface area contributed by atoms with Gasteiger partial charge in [0.15, 0.2) is 0 Å². The number of para-hydroxylation sites is 1. The normalized spacial score (nSPS) is 10.5. The van der Waals surface area contributed by atoms with Gasteiger partial charge in [0.25, 0.3) is 0 Å². The first-order chi connectivity index (χ1) is 7.26. The summed E-state index contributed by atoms with van der Waals surface area (Å²) in [5, 5.41) is 0.369. The van der Waals surface area contributed by atoms with E-state index in [-0.39, 0.29) is 0 Å². The molecule has 1 aromatic heterocycles. The van der Waals surface area contributed by atoms with Crippen LogP contribution in [0.2, 0.25) is 0 Å². The van der Waals surface area contributed by atoms with E-state index in [1.807, 2.05) is 18.2 Å². The summed E-state index contributed by atoms with van der Waals surface area (Å²) in [6, 6.07) is 5.73. The average Bonchev–Trinajstić information content (AvgIpc) is 2.71. The molecule has 78 valence electrons. The van der Waals surface area contributed by atoms with Crippen LogP contribution in [0.1, 0.15) is 15.4 Å². The maximum absolute atomic E-state index is 11.3. The van der Waals surface area contributed by atoms with Gasteiger partial charge >= 0.3 is 5.97 Å². The number of esters is 1. The highest BCUT2D eigenvalue weighted by molar-refractivity contribution is 7.20. The minimum atomic E-state index is -0.404. The van der Waals surface area contributed by atoms with Gasteiger partial charge in [0.1, 0.15) is 0 Å². The van der Waals surface area contributed by atoms with Crippen molar-refractivity contribution in [1.29, 1.82) is 0 Å². The van der Waals surface area contributed by atoms with Crippen LogP contribution in [0.15, 0.2) is 18.2 Å². The Hall–Kier alpha value is -1.46. The van der Waals surface area contributed by atoms with E-state index in [4.69, 9.17) is 5.73 Å². The number of methoxy groups -OCH3 is 1. The van der Waals surface area contributed by atoms with Crippen LogP contribution in [-0.4, -0.2) is 18.1 Å². The van der Waals surface area contributed by atoms with Crippen LogP contribution < -0.4 is 5.73 Å². The standard InChI is InChI=1S/C10H10N2O2S/c1-14-10(13)9-12-8-6(5-11)3-2-4-7(8)15-9/h2-4H,5,11H2,1H3. The number of hydrogen-bond acceptors (Lipinski definition) is 5. The number of thiazole rings is 1. The first-order valence-electron chi connectivity index (χ1n) is 4.43. The SMILES string of the molecule is COC(=O)c1nc2c(CN)cccc2s1. The molecular weight excluding hydrogens is 212 g/mol. The molecule has 0 saturated carbocycles. The van der Waals surface area contributed by atoms with E-state index < -0.39 is 5.97 Å². The lowest BCUT2D eigenvalue weighted by Gasteiger charge is -1.95. The topological polar surface area (TPSA) is 65.2 Å². The molecule has 0 aliphatic carbocycles. The number of fused-ring (bicyclic) bond motifs is 1. The Balaban J connectivity index is 2.60. The molecule has 0 unspecified atom stereocenters. The largest absolute Gasteiger partial charge is 0.464 e. The molecule has 2 N–H and O–H groups in total. The summed E-state index contributed by atoms with van der Waals surface area (Å²) in [5.41, 5.74) is 7.32. The predicted molar refractivity (Wildman–Crippen MR) is 58.9 cm³/mol. The van der Waals surface area contributed by atoms with Crippen molar-refractivity contribution in [2.24, 2.45) is 5.73 Å². The first kappa shape index (κ1) is 10.1. The quantitative estimate of drug-likeness (QED) is 0.783. The zero-order chi connectivity index (χ0) is 10.8. The minimum Gasteiger partial charge on any atom is -0.464 e. The molecule has 2 rings (SSSR count). The van der Waals surface area contributed by atoms with Gasteiger partial charge in [-0.3, -0.25) is 0 Å². The zero-order valence-corrected chi connectivity index (χ0v) is 9.00. The number of aromatic nitrogens is 1. The molecule has 1 aromatic carbocycles. The van der Waals surface area contributed by atoms with Gasteiger partial charge in [0.05, 0.1) is 17.3 Å². The molecule has 5 heteroatoms. The van der Waals surface area contributed by atoms with Gasteiger partial charge < -0.3 is 10.5 Å². The number of benzene rings is 1.